The molecule has 0 spiro atoms. The summed E-state index contributed by atoms with van der Waals surface area (Å²) in [6.45, 7) is 3.99. The molecule has 1 saturated heterocycles. The molecule has 134 valence electrons. The lowest BCUT2D eigenvalue weighted by Crippen LogP contribution is -2.48. The van der Waals surface area contributed by atoms with E-state index in [1.165, 1.54) is 13.0 Å². The zero-order valence-corrected chi connectivity index (χ0v) is 14.0. The molecule has 1 fully saturated rings. The fraction of sp³-hybridized carbons (Fsp3) is 0.625. The monoisotopic (exact) mass is 345 g/mol. The smallest absolute Gasteiger partial charge is 0.369 e. The molecular formula is C16H22F3N3O2. The molecule has 0 unspecified atom stereocenters. The third-order valence-corrected chi connectivity index (χ3v) is 4.69. The molecule has 1 aromatic rings. The first-order valence-electron chi connectivity index (χ1n) is 7.85. The summed E-state index contributed by atoms with van der Waals surface area (Å²) in [6.07, 6.45) is -3.10. The highest BCUT2D eigenvalue weighted by Gasteiger charge is 2.35. The molecule has 0 radical (unpaired) electrons. The van der Waals surface area contributed by atoms with Crippen molar-refractivity contribution in [1.82, 2.24) is 9.47 Å². The zero-order valence-electron chi connectivity index (χ0n) is 14.0. The SMILES string of the molecule is Cc1cc(C(=O)N2C[C@H](C(N)=O)CC[C@H]2C)c(C)n1CC(F)(F)F. The molecule has 2 amide bonds. The summed E-state index contributed by atoms with van der Waals surface area (Å²) >= 11 is 0. The Balaban J connectivity index is 2.29. The Labute approximate surface area is 138 Å². The number of alkyl halides is 3. The Morgan fingerprint density at radius 2 is 1.92 bits per heavy atom. The van der Waals surface area contributed by atoms with Crippen molar-refractivity contribution in [3.63, 3.8) is 0 Å². The van der Waals surface area contributed by atoms with Gasteiger partial charge in [-0.15, -0.1) is 0 Å². The number of aromatic nitrogens is 1. The molecule has 0 bridgehead atoms. The van der Waals surface area contributed by atoms with Gasteiger partial charge >= 0.3 is 6.18 Å². The van der Waals surface area contributed by atoms with Crippen LogP contribution in [-0.4, -0.2) is 40.0 Å². The number of nitrogens with zero attached hydrogens (tertiary/aromatic N) is 2. The van der Waals surface area contributed by atoms with Crippen molar-refractivity contribution in [2.24, 2.45) is 11.7 Å². The summed E-state index contributed by atoms with van der Waals surface area (Å²) in [5, 5.41) is 0. The van der Waals surface area contributed by atoms with E-state index in [0.717, 1.165) is 4.57 Å². The van der Waals surface area contributed by atoms with Crippen LogP contribution < -0.4 is 5.73 Å². The second-order valence-electron chi connectivity index (χ2n) is 6.47. The molecular weight excluding hydrogens is 323 g/mol. The van der Waals surface area contributed by atoms with Gasteiger partial charge in [-0.25, -0.2) is 0 Å². The van der Waals surface area contributed by atoms with Crippen LogP contribution in [0.25, 0.3) is 0 Å². The summed E-state index contributed by atoms with van der Waals surface area (Å²) in [4.78, 5) is 25.8. The molecule has 2 heterocycles. The molecule has 0 saturated carbocycles. The van der Waals surface area contributed by atoms with Gasteiger partial charge in [-0.05, 0) is 39.7 Å². The minimum atomic E-state index is -4.36. The second-order valence-corrected chi connectivity index (χ2v) is 6.47. The maximum atomic E-state index is 12.8. The third kappa shape index (κ3) is 3.73. The van der Waals surface area contributed by atoms with E-state index in [9.17, 15) is 22.8 Å². The van der Waals surface area contributed by atoms with Gasteiger partial charge in [0.2, 0.25) is 5.91 Å². The summed E-state index contributed by atoms with van der Waals surface area (Å²) in [7, 11) is 0. The Bertz CT molecular complexity index is 652. The molecule has 0 aromatic carbocycles. The molecule has 1 aliphatic rings. The largest absolute Gasteiger partial charge is 0.406 e. The van der Waals surface area contributed by atoms with Crippen LogP contribution in [-0.2, 0) is 11.3 Å². The minimum absolute atomic E-state index is 0.0845. The van der Waals surface area contributed by atoms with E-state index in [1.807, 2.05) is 6.92 Å². The highest BCUT2D eigenvalue weighted by Crippen LogP contribution is 2.27. The molecule has 5 nitrogen and oxygen atoms in total. The van der Waals surface area contributed by atoms with Crippen LogP contribution >= 0.6 is 0 Å². The van der Waals surface area contributed by atoms with Crippen LogP contribution in [0.2, 0.25) is 0 Å². The van der Waals surface area contributed by atoms with Gasteiger partial charge < -0.3 is 15.2 Å². The van der Waals surface area contributed by atoms with Gasteiger partial charge in [-0.3, -0.25) is 9.59 Å². The van der Waals surface area contributed by atoms with E-state index in [1.54, 1.807) is 11.8 Å². The average molecular weight is 345 g/mol. The molecule has 2 atom stereocenters. The van der Waals surface area contributed by atoms with Gasteiger partial charge in [0.15, 0.2) is 0 Å². The number of carbonyl (C=O) groups excluding carboxylic acids is 2. The Morgan fingerprint density at radius 1 is 1.29 bits per heavy atom. The molecule has 2 N–H and O–H groups in total. The number of aryl methyl sites for hydroxylation is 1. The topological polar surface area (TPSA) is 68.3 Å². The van der Waals surface area contributed by atoms with Crippen molar-refractivity contribution in [3.05, 3.63) is 23.0 Å². The van der Waals surface area contributed by atoms with E-state index in [0.29, 0.717) is 18.5 Å². The normalized spacial score (nSPS) is 21.8. The van der Waals surface area contributed by atoms with Gasteiger partial charge in [-0.2, -0.15) is 13.2 Å². The number of halogens is 3. The van der Waals surface area contributed by atoms with Crippen molar-refractivity contribution in [2.75, 3.05) is 6.54 Å². The number of amides is 2. The van der Waals surface area contributed by atoms with Crippen molar-refractivity contribution >= 4 is 11.8 Å². The number of hydrogen-bond donors (Lipinski definition) is 1. The number of rotatable bonds is 3. The summed E-state index contributed by atoms with van der Waals surface area (Å²) in [6, 6.07) is 1.39. The number of carbonyl (C=O) groups is 2. The highest BCUT2D eigenvalue weighted by atomic mass is 19.4. The second kappa shape index (κ2) is 6.49. The van der Waals surface area contributed by atoms with Crippen molar-refractivity contribution < 1.29 is 22.8 Å². The van der Waals surface area contributed by atoms with Crippen molar-refractivity contribution in [1.29, 1.82) is 0 Å². The fourth-order valence-corrected chi connectivity index (χ4v) is 3.22. The Morgan fingerprint density at radius 3 is 2.46 bits per heavy atom. The van der Waals surface area contributed by atoms with E-state index < -0.39 is 24.5 Å². The highest BCUT2D eigenvalue weighted by molar-refractivity contribution is 5.96. The first-order valence-corrected chi connectivity index (χ1v) is 7.85. The van der Waals surface area contributed by atoms with Gasteiger partial charge in [-0.1, -0.05) is 0 Å². The van der Waals surface area contributed by atoms with Crippen molar-refractivity contribution in [2.45, 2.75) is 52.4 Å². The molecule has 24 heavy (non-hydrogen) atoms. The summed E-state index contributed by atoms with van der Waals surface area (Å²) < 4.78 is 39.2. The molecule has 8 heteroatoms. The van der Waals surface area contributed by atoms with Gasteiger partial charge in [0.25, 0.3) is 5.91 Å². The quantitative estimate of drug-likeness (QED) is 0.914. The van der Waals surface area contributed by atoms with Crippen LogP contribution in [0.5, 0.6) is 0 Å². The van der Waals surface area contributed by atoms with Crippen LogP contribution in [0, 0.1) is 19.8 Å². The fourth-order valence-electron chi connectivity index (χ4n) is 3.22. The minimum Gasteiger partial charge on any atom is -0.369 e. The molecule has 1 aromatic heterocycles. The van der Waals surface area contributed by atoms with Crippen LogP contribution in [0.3, 0.4) is 0 Å². The number of primary amides is 1. The van der Waals surface area contributed by atoms with Crippen LogP contribution in [0.1, 0.15) is 41.5 Å². The standard InChI is InChI=1S/C16H22F3N3O2/c1-9-4-5-12(14(20)23)7-21(9)15(24)13-6-10(2)22(11(13)3)8-16(17,18)19/h6,9,12H,4-5,7-8H2,1-3H3,(H2,20,23)/t9-,12-/m1/s1. The molecule has 2 rings (SSSR count). The summed E-state index contributed by atoms with van der Waals surface area (Å²) in [5.41, 5.74) is 6.24. The van der Waals surface area contributed by atoms with E-state index in [2.05, 4.69) is 0 Å². The molecule has 1 aliphatic heterocycles. The number of likely N-dealkylation sites (tertiary alicyclic amines) is 1. The lowest BCUT2D eigenvalue weighted by atomic mass is 9.92. The van der Waals surface area contributed by atoms with Gasteiger partial charge in [0.05, 0.1) is 11.5 Å². The van der Waals surface area contributed by atoms with Crippen molar-refractivity contribution in [3.8, 4) is 0 Å². The number of nitrogens with two attached hydrogens (primary N) is 1. The lowest BCUT2D eigenvalue weighted by Gasteiger charge is -2.37. The zero-order chi connectivity index (χ0) is 18.2. The predicted molar refractivity (Wildman–Crippen MR) is 82.4 cm³/mol. The molecule has 0 aliphatic carbocycles. The Hall–Kier alpha value is -1.99. The van der Waals surface area contributed by atoms with Gasteiger partial charge in [0, 0.05) is 24.0 Å². The first-order chi connectivity index (χ1) is 11.0. The van der Waals surface area contributed by atoms with Crippen LogP contribution in [0.15, 0.2) is 6.07 Å². The maximum absolute atomic E-state index is 12.8. The average Bonchev–Trinajstić information content (AvgIpc) is 2.73. The van der Waals surface area contributed by atoms with E-state index in [4.69, 9.17) is 5.73 Å². The third-order valence-electron chi connectivity index (χ3n) is 4.69. The summed E-state index contributed by atoms with van der Waals surface area (Å²) in [5.74, 6) is -1.22. The van der Waals surface area contributed by atoms with Crippen LogP contribution in [0.4, 0.5) is 13.2 Å². The van der Waals surface area contributed by atoms with E-state index in [-0.39, 0.29) is 29.8 Å². The number of hydrogen-bond acceptors (Lipinski definition) is 2. The lowest BCUT2D eigenvalue weighted by molar-refractivity contribution is -0.141. The van der Waals surface area contributed by atoms with E-state index >= 15 is 0 Å². The predicted octanol–water partition coefficient (Wildman–Crippen LogP) is 2.39. The first kappa shape index (κ1) is 18.4. The van der Waals surface area contributed by atoms with Gasteiger partial charge in [0.1, 0.15) is 6.54 Å². The maximum Gasteiger partial charge on any atom is 0.406 e. The Kier molecular flexibility index (Phi) is 4.96. The number of piperidine rings is 1.